The number of carbonyl (C=O) groups excluding carboxylic acids is 1. The first-order chi connectivity index (χ1) is 10.3. The molecule has 1 aromatic rings. The molecule has 22 heavy (non-hydrogen) atoms. The molecule has 5 nitrogen and oxygen atoms in total. The Balaban J connectivity index is 2.12. The molecule has 1 N–H and O–H groups in total. The predicted molar refractivity (Wildman–Crippen MR) is 89.9 cm³/mol. The van der Waals surface area contributed by atoms with E-state index in [0.717, 1.165) is 29.1 Å². The number of hydrogen-bond donors (Lipinski definition) is 1. The molecule has 7 heteroatoms. The van der Waals surface area contributed by atoms with Gasteiger partial charge in [-0.2, -0.15) is 4.31 Å². The van der Waals surface area contributed by atoms with E-state index in [1.54, 1.807) is 0 Å². The van der Waals surface area contributed by atoms with E-state index < -0.39 is 16.1 Å². The molecule has 0 bridgehead atoms. The standard InChI is InChI=1S/C15H21BrN2O3S/c1-11(12-7-3-4-8-13(12)16)17-15(19)14-9-5-6-10-18(14)22(2,20)21/h3-4,7-8,11,14H,5-6,9-10H2,1-2H3,(H,17,19). The quantitative estimate of drug-likeness (QED) is 0.860. The van der Waals surface area contributed by atoms with E-state index in [2.05, 4.69) is 21.2 Å². The molecule has 1 heterocycles. The van der Waals surface area contributed by atoms with Crippen LogP contribution in [0.5, 0.6) is 0 Å². The zero-order valence-electron chi connectivity index (χ0n) is 12.8. The van der Waals surface area contributed by atoms with Crippen LogP contribution in [0.15, 0.2) is 28.7 Å². The molecule has 2 rings (SSSR count). The van der Waals surface area contributed by atoms with Gasteiger partial charge in [-0.05, 0) is 31.4 Å². The number of benzene rings is 1. The summed E-state index contributed by atoms with van der Waals surface area (Å²) in [6, 6.07) is 6.88. The molecular weight excluding hydrogens is 368 g/mol. The normalized spacial score (nSPS) is 21.3. The number of nitrogens with one attached hydrogen (secondary N) is 1. The van der Waals surface area contributed by atoms with Crippen molar-refractivity contribution >= 4 is 31.9 Å². The Morgan fingerprint density at radius 3 is 2.68 bits per heavy atom. The smallest absolute Gasteiger partial charge is 0.238 e. The number of nitrogens with zero attached hydrogens (tertiary/aromatic N) is 1. The van der Waals surface area contributed by atoms with Crippen LogP contribution in [-0.2, 0) is 14.8 Å². The molecule has 1 aliphatic rings. The van der Waals surface area contributed by atoms with Crippen molar-refractivity contribution in [3.63, 3.8) is 0 Å². The third-order valence-electron chi connectivity index (χ3n) is 3.91. The highest BCUT2D eigenvalue weighted by atomic mass is 79.9. The zero-order valence-corrected chi connectivity index (χ0v) is 15.2. The van der Waals surface area contributed by atoms with E-state index in [0.29, 0.717) is 13.0 Å². The molecule has 2 unspecified atom stereocenters. The van der Waals surface area contributed by atoms with Crippen molar-refractivity contribution in [2.24, 2.45) is 0 Å². The van der Waals surface area contributed by atoms with Gasteiger partial charge in [0.1, 0.15) is 6.04 Å². The number of hydrogen-bond acceptors (Lipinski definition) is 3. The van der Waals surface area contributed by atoms with Crippen LogP contribution >= 0.6 is 15.9 Å². The van der Waals surface area contributed by atoms with Crippen molar-refractivity contribution < 1.29 is 13.2 Å². The van der Waals surface area contributed by atoms with Gasteiger partial charge in [-0.25, -0.2) is 8.42 Å². The maximum atomic E-state index is 12.5. The van der Waals surface area contributed by atoms with Crippen molar-refractivity contribution in [2.75, 3.05) is 12.8 Å². The van der Waals surface area contributed by atoms with Gasteiger partial charge in [0.2, 0.25) is 15.9 Å². The van der Waals surface area contributed by atoms with Gasteiger partial charge in [-0.1, -0.05) is 40.5 Å². The van der Waals surface area contributed by atoms with Gasteiger partial charge < -0.3 is 5.32 Å². The minimum Gasteiger partial charge on any atom is -0.348 e. The lowest BCUT2D eigenvalue weighted by atomic mass is 10.0. The molecule has 0 spiro atoms. The molecule has 1 saturated heterocycles. The van der Waals surface area contributed by atoms with Crippen molar-refractivity contribution in [3.05, 3.63) is 34.3 Å². The average molecular weight is 389 g/mol. The van der Waals surface area contributed by atoms with Crippen molar-refractivity contribution in [1.82, 2.24) is 9.62 Å². The second-order valence-corrected chi connectivity index (χ2v) is 8.43. The van der Waals surface area contributed by atoms with Crippen LogP contribution in [0.2, 0.25) is 0 Å². The van der Waals surface area contributed by atoms with Gasteiger partial charge >= 0.3 is 0 Å². The molecule has 2 atom stereocenters. The van der Waals surface area contributed by atoms with Gasteiger partial charge in [-0.3, -0.25) is 4.79 Å². The SMILES string of the molecule is CC(NC(=O)C1CCCCN1S(C)(=O)=O)c1ccccc1Br. The summed E-state index contributed by atoms with van der Waals surface area (Å²) in [5.41, 5.74) is 0.970. The molecule has 0 saturated carbocycles. The highest BCUT2D eigenvalue weighted by molar-refractivity contribution is 9.10. The monoisotopic (exact) mass is 388 g/mol. The predicted octanol–water partition coefficient (Wildman–Crippen LogP) is 2.44. The molecule has 1 fully saturated rings. The Bertz CT molecular complexity index is 648. The van der Waals surface area contributed by atoms with E-state index in [9.17, 15) is 13.2 Å². The Labute approximate surface area is 140 Å². The van der Waals surface area contributed by atoms with Crippen LogP contribution in [0, 0.1) is 0 Å². The lowest BCUT2D eigenvalue weighted by Crippen LogP contribution is -2.51. The van der Waals surface area contributed by atoms with Crippen LogP contribution < -0.4 is 5.32 Å². The largest absolute Gasteiger partial charge is 0.348 e. The third-order valence-corrected chi connectivity index (χ3v) is 5.92. The minimum absolute atomic E-state index is 0.189. The molecule has 1 aromatic carbocycles. The summed E-state index contributed by atoms with van der Waals surface area (Å²) in [4.78, 5) is 12.5. The van der Waals surface area contributed by atoms with Crippen molar-refractivity contribution in [2.45, 2.75) is 38.3 Å². The topological polar surface area (TPSA) is 66.5 Å². The zero-order chi connectivity index (χ0) is 16.3. The fraction of sp³-hybridized carbons (Fsp3) is 0.533. The maximum Gasteiger partial charge on any atom is 0.238 e. The van der Waals surface area contributed by atoms with Gasteiger partial charge in [0.15, 0.2) is 0 Å². The average Bonchev–Trinajstić information content (AvgIpc) is 2.46. The fourth-order valence-electron chi connectivity index (χ4n) is 2.78. The summed E-state index contributed by atoms with van der Waals surface area (Å²) < 4.78 is 25.9. The van der Waals surface area contributed by atoms with E-state index in [1.165, 1.54) is 4.31 Å². The van der Waals surface area contributed by atoms with E-state index in [4.69, 9.17) is 0 Å². The second-order valence-electron chi connectivity index (χ2n) is 5.64. The molecule has 0 aliphatic carbocycles. The Morgan fingerprint density at radius 1 is 1.36 bits per heavy atom. The Morgan fingerprint density at radius 2 is 2.05 bits per heavy atom. The lowest BCUT2D eigenvalue weighted by Gasteiger charge is -2.33. The molecule has 0 radical (unpaired) electrons. The summed E-state index contributed by atoms with van der Waals surface area (Å²) in [5.74, 6) is -0.228. The number of sulfonamides is 1. The molecule has 0 aromatic heterocycles. The summed E-state index contributed by atoms with van der Waals surface area (Å²) in [5, 5.41) is 2.93. The van der Waals surface area contributed by atoms with Crippen LogP contribution in [-0.4, -0.2) is 37.5 Å². The Kier molecular flexibility index (Phi) is 5.63. The highest BCUT2D eigenvalue weighted by Crippen LogP contribution is 2.24. The highest BCUT2D eigenvalue weighted by Gasteiger charge is 2.34. The van der Waals surface area contributed by atoms with Gasteiger partial charge in [0.05, 0.1) is 12.3 Å². The molecule has 1 aliphatic heterocycles. The van der Waals surface area contributed by atoms with Crippen LogP contribution in [0.3, 0.4) is 0 Å². The molecular formula is C15H21BrN2O3S. The Hall–Kier alpha value is -0.920. The number of amides is 1. The lowest BCUT2D eigenvalue weighted by molar-refractivity contribution is -0.126. The number of rotatable bonds is 4. The summed E-state index contributed by atoms with van der Waals surface area (Å²) in [6.07, 6.45) is 3.40. The van der Waals surface area contributed by atoms with Crippen LogP contribution in [0.4, 0.5) is 0 Å². The third kappa shape index (κ3) is 4.08. The minimum atomic E-state index is -3.37. The summed E-state index contributed by atoms with van der Waals surface area (Å²) >= 11 is 3.47. The van der Waals surface area contributed by atoms with E-state index in [1.807, 2.05) is 31.2 Å². The van der Waals surface area contributed by atoms with Gasteiger partial charge in [0.25, 0.3) is 0 Å². The first-order valence-electron chi connectivity index (χ1n) is 7.32. The summed E-state index contributed by atoms with van der Waals surface area (Å²) in [6.45, 7) is 2.31. The van der Waals surface area contributed by atoms with Crippen LogP contribution in [0.1, 0.15) is 37.8 Å². The van der Waals surface area contributed by atoms with Gasteiger partial charge in [-0.15, -0.1) is 0 Å². The van der Waals surface area contributed by atoms with Crippen molar-refractivity contribution in [3.8, 4) is 0 Å². The van der Waals surface area contributed by atoms with E-state index in [-0.39, 0.29) is 11.9 Å². The fourth-order valence-corrected chi connectivity index (χ4v) is 4.53. The first-order valence-corrected chi connectivity index (χ1v) is 9.96. The number of halogens is 1. The number of piperidine rings is 1. The second kappa shape index (κ2) is 7.10. The van der Waals surface area contributed by atoms with E-state index >= 15 is 0 Å². The van der Waals surface area contributed by atoms with Crippen LogP contribution in [0.25, 0.3) is 0 Å². The first kappa shape index (κ1) is 17.4. The van der Waals surface area contributed by atoms with Crippen molar-refractivity contribution in [1.29, 1.82) is 0 Å². The maximum absolute atomic E-state index is 12.5. The van der Waals surface area contributed by atoms with Gasteiger partial charge in [0, 0.05) is 11.0 Å². The molecule has 122 valence electrons. The molecule has 1 amide bonds. The number of carbonyl (C=O) groups is 1. The summed E-state index contributed by atoms with van der Waals surface area (Å²) in [7, 11) is -3.37.